The molecule has 2 heterocycles. The van der Waals surface area contributed by atoms with E-state index < -0.39 is 22.0 Å². The van der Waals surface area contributed by atoms with Gasteiger partial charge in [-0.25, -0.2) is 17.6 Å². The molecule has 0 atom stereocenters. The number of nitrogens with one attached hydrogen (secondary N) is 1. The van der Waals surface area contributed by atoms with Gasteiger partial charge in [0.1, 0.15) is 5.82 Å². The van der Waals surface area contributed by atoms with E-state index in [0.717, 1.165) is 72.4 Å². The standard InChI is InChI=1S/C36H41FN4O3S.C2HF3O2/c1-40-20-17-32(18-21-40)36(42)41(26-29-4-3-5-33(37)22-29)25-28-6-11-31(12-7-28)35-15-10-30(24-39-35)23-38-19-16-27-8-13-34(14-9-27)45(2,43)44;3-2(4,5)1(6)7/h3-15,22,24,32,38H,16-21,23,25-26H2,1-2H3;(H,6,7). The molecule has 1 aliphatic rings. The van der Waals surface area contributed by atoms with Gasteiger partial charge in [-0.3, -0.25) is 9.78 Å². The second-order valence-electron chi connectivity index (χ2n) is 12.8. The molecule has 0 spiro atoms. The van der Waals surface area contributed by atoms with Gasteiger partial charge in [0.2, 0.25) is 5.91 Å². The van der Waals surface area contributed by atoms with Crippen molar-refractivity contribution in [2.24, 2.45) is 5.92 Å². The molecule has 0 unspecified atom stereocenters. The summed E-state index contributed by atoms with van der Waals surface area (Å²) in [6.07, 6.45) is 0.479. The molecule has 1 fully saturated rings. The average Bonchev–Trinajstić information content (AvgIpc) is 3.10. The number of sulfone groups is 1. The first kappa shape index (κ1) is 40.1. The Kier molecular flexibility index (Phi) is 14.0. The number of amides is 1. The van der Waals surface area contributed by atoms with Crippen LogP contribution >= 0.6 is 0 Å². The molecule has 14 heteroatoms. The Bertz CT molecular complexity index is 1880. The van der Waals surface area contributed by atoms with Crippen molar-refractivity contribution in [3.8, 4) is 11.3 Å². The van der Waals surface area contributed by atoms with Crippen LogP contribution in [0.2, 0.25) is 0 Å². The van der Waals surface area contributed by atoms with Crippen molar-refractivity contribution in [3.05, 3.63) is 119 Å². The molecule has 9 nitrogen and oxygen atoms in total. The van der Waals surface area contributed by atoms with Crippen molar-refractivity contribution >= 4 is 21.7 Å². The first-order valence-electron chi connectivity index (χ1n) is 16.6. The highest BCUT2D eigenvalue weighted by Gasteiger charge is 2.38. The highest BCUT2D eigenvalue weighted by atomic mass is 32.2. The number of hydrogen-bond acceptors (Lipinski definition) is 7. The van der Waals surface area contributed by atoms with Crippen molar-refractivity contribution in [3.63, 3.8) is 0 Å². The molecule has 1 amide bonds. The number of carboxylic acid groups (broad SMARTS) is 1. The van der Waals surface area contributed by atoms with Gasteiger partial charge in [-0.15, -0.1) is 0 Å². The maximum atomic E-state index is 13.9. The number of likely N-dealkylation sites (tertiary alicyclic amines) is 1. The molecule has 1 aromatic heterocycles. The smallest absolute Gasteiger partial charge is 0.475 e. The highest BCUT2D eigenvalue weighted by Crippen LogP contribution is 2.24. The Morgan fingerprint density at radius 1 is 0.904 bits per heavy atom. The largest absolute Gasteiger partial charge is 0.490 e. The summed E-state index contributed by atoms with van der Waals surface area (Å²) in [5, 5.41) is 10.5. The molecular formula is C38H42F4N4O5S. The lowest BCUT2D eigenvalue weighted by atomic mass is 9.95. The van der Waals surface area contributed by atoms with Gasteiger partial charge in [-0.1, -0.05) is 54.6 Å². The van der Waals surface area contributed by atoms with Gasteiger partial charge in [0.25, 0.3) is 0 Å². The molecule has 3 aromatic carbocycles. The van der Waals surface area contributed by atoms with Crippen LogP contribution in [-0.4, -0.2) is 79.3 Å². The number of carbonyl (C=O) groups excluding carboxylic acids is 1. The number of pyridine rings is 1. The zero-order chi connectivity index (χ0) is 37.9. The van der Waals surface area contributed by atoms with E-state index in [1.807, 2.05) is 59.6 Å². The molecule has 52 heavy (non-hydrogen) atoms. The molecule has 5 rings (SSSR count). The van der Waals surface area contributed by atoms with E-state index in [9.17, 15) is 30.8 Å². The van der Waals surface area contributed by atoms with E-state index in [1.165, 1.54) is 18.4 Å². The van der Waals surface area contributed by atoms with Crippen LogP contribution < -0.4 is 5.32 Å². The number of carboxylic acids is 1. The fourth-order valence-electron chi connectivity index (χ4n) is 5.65. The minimum Gasteiger partial charge on any atom is -0.475 e. The Balaban J connectivity index is 0.000000785. The molecule has 0 saturated carbocycles. The Labute approximate surface area is 301 Å². The molecule has 4 aromatic rings. The predicted octanol–water partition coefficient (Wildman–Crippen LogP) is 6.13. The van der Waals surface area contributed by atoms with Crippen LogP contribution in [0.4, 0.5) is 17.6 Å². The van der Waals surface area contributed by atoms with Gasteiger partial charge in [0.15, 0.2) is 9.84 Å². The summed E-state index contributed by atoms with van der Waals surface area (Å²) >= 11 is 0. The van der Waals surface area contributed by atoms with Crippen LogP contribution in [0.25, 0.3) is 11.3 Å². The molecule has 278 valence electrons. The van der Waals surface area contributed by atoms with E-state index in [4.69, 9.17) is 9.90 Å². The van der Waals surface area contributed by atoms with Crippen molar-refractivity contribution in [1.29, 1.82) is 0 Å². The third-order valence-electron chi connectivity index (χ3n) is 8.60. The van der Waals surface area contributed by atoms with Crippen molar-refractivity contribution < 1.29 is 40.7 Å². The molecule has 2 N–H and O–H groups in total. The zero-order valence-corrected chi connectivity index (χ0v) is 29.8. The van der Waals surface area contributed by atoms with Gasteiger partial charge >= 0.3 is 12.1 Å². The van der Waals surface area contributed by atoms with E-state index in [1.54, 1.807) is 18.2 Å². The van der Waals surface area contributed by atoms with Gasteiger partial charge in [-0.05, 0) is 98.5 Å². The minimum absolute atomic E-state index is 0.0141. The van der Waals surface area contributed by atoms with Crippen LogP contribution in [0.1, 0.15) is 35.1 Å². The van der Waals surface area contributed by atoms with Gasteiger partial charge < -0.3 is 20.2 Å². The number of aromatic nitrogens is 1. The van der Waals surface area contributed by atoms with Crippen molar-refractivity contribution in [2.45, 2.75) is 50.0 Å². The summed E-state index contributed by atoms with van der Waals surface area (Å²) in [5.41, 5.74) is 5.82. The molecule has 1 aliphatic heterocycles. The monoisotopic (exact) mass is 742 g/mol. The minimum atomic E-state index is -5.08. The van der Waals surface area contributed by atoms with Crippen LogP contribution in [-0.2, 0) is 45.5 Å². The van der Waals surface area contributed by atoms with Crippen LogP contribution in [0, 0.1) is 11.7 Å². The first-order valence-corrected chi connectivity index (χ1v) is 18.5. The number of halogens is 4. The molecule has 0 bridgehead atoms. The maximum Gasteiger partial charge on any atom is 0.490 e. The number of benzene rings is 3. The van der Waals surface area contributed by atoms with Crippen molar-refractivity contribution in [1.82, 2.24) is 20.1 Å². The first-order chi connectivity index (χ1) is 24.6. The van der Waals surface area contributed by atoms with E-state index in [2.05, 4.69) is 28.3 Å². The number of hydrogen-bond donors (Lipinski definition) is 2. The number of piperidine rings is 1. The molecular weight excluding hydrogens is 701 g/mol. The summed E-state index contributed by atoms with van der Waals surface area (Å²) in [6.45, 7) is 4.09. The van der Waals surface area contributed by atoms with Crippen molar-refractivity contribution in [2.75, 3.05) is 32.9 Å². The zero-order valence-electron chi connectivity index (χ0n) is 28.9. The molecule has 0 radical (unpaired) electrons. The van der Waals surface area contributed by atoms with Gasteiger partial charge in [0.05, 0.1) is 10.6 Å². The van der Waals surface area contributed by atoms with Gasteiger partial charge in [-0.2, -0.15) is 13.2 Å². The third kappa shape index (κ3) is 12.5. The topological polar surface area (TPSA) is 120 Å². The van der Waals surface area contributed by atoms with E-state index in [0.29, 0.717) is 24.5 Å². The molecule has 1 saturated heterocycles. The van der Waals surface area contributed by atoms with Crippen LogP contribution in [0.5, 0.6) is 0 Å². The number of aliphatic carboxylic acids is 1. The second kappa shape index (κ2) is 18.2. The number of alkyl halides is 3. The second-order valence-corrected chi connectivity index (χ2v) is 14.8. The Morgan fingerprint density at radius 2 is 1.50 bits per heavy atom. The Hall–Kier alpha value is -4.66. The average molecular weight is 743 g/mol. The number of nitrogens with zero attached hydrogens (tertiary/aromatic N) is 3. The SMILES string of the molecule is CN1CCC(C(=O)N(Cc2ccc(-c3ccc(CNCCc4ccc(S(C)(=O)=O)cc4)cn3)cc2)Cc2cccc(F)c2)CC1.O=C(O)C(F)(F)F. The van der Waals surface area contributed by atoms with Gasteiger partial charge in [0, 0.05) is 43.6 Å². The van der Waals surface area contributed by atoms with E-state index in [-0.39, 0.29) is 17.6 Å². The highest BCUT2D eigenvalue weighted by molar-refractivity contribution is 7.90. The van der Waals surface area contributed by atoms with Crippen LogP contribution in [0.3, 0.4) is 0 Å². The molecule has 0 aliphatic carbocycles. The Morgan fingerprint density at radius 3 is 2.06 bits per heavy atom. The summed E-state index contributed by atoms with van der Waals surface area (Å²) in [5.74, 6) is -2.93. The predicted molar refractivity (Wildman–Crippen MR) is 189 cm³/mol. The lowest BCUT2D eigenvalue weighted by Crippen LogP contribution is -2.41. The lowest BCUT2D eigenvalue weighted by Gasteiger charge is -2.32. The maximum absolute atomic E-state index is 13.9. The third-order valence-corrected chi connectivity index (χ3v) is 9.73. The quantitative estimate of drug-likeness (QED) is 0.132. The summed E-state index contributed by atoms with van der Waals surface area (Å²) in [4.78, 5) is 31.6. The summed E-state index contributed by atoms with van der Waals surface area (Å²) in [6, 6.07) is 25.7. The normalized spacial score (nSPS) is 14.0. The lowest BCUT2D eigenvalue weighted by molar-refractivity contribution is -0.192. The number of rotatable bonds is 12. The van der Waals surface area contributed by atoms with E-state index >= 15 is 0 Å². The fraction of sp³-hybridized carbons (Fsp3) is 0.342. The number of carbonyl (C=O) groups is 2. The van der Waals surface area contributed by atoms with Crippen LogP contribution in [0.15, 0.2) is 96.0 Å². The fourth-order valence-corrected chi connectivity index (χ4v) is 6.28. The summed E-state index contributed by atoms with van der Waals surface area (Å²) < 4.78 is 68.9. The summed E-state index contributed by atoms with van der Waals surface area (Å²) in [7, 11) is -1.10.